The van der Waals surface area contributed by atoms with Gasteiger partial charge in [-0.1, -0.05) is 17.5 Å². The number of ether oxygens (including phenoxy) is 3. The number of aromatic nitrogens is 4. The highest BCUT2D eigenvalue weighted by atomic mass is 35.5. The van der Waals surface area contributed by atoms with E-state index in [-0.39, 0.29) is 36.6 Å². The minimum Gasteiger partial charge on any atom is -0.444 e. The van der Waals surface area contributed by atoms with Crippen LogP contribution in [0.3, 0.4) is 0 Å². The van der Waals surface area contributed by atoms with Crippen molar-refractivity contribution in [2.24, 2.45) is 5.73 Å². The molecule has 3 amide bonds. The van der Waals surface area contributed by atoms with Gasteiger partial charge >= 0.3 is 12.2 Å². The summed E-state index contributed by atoms with van der Waals surface area (Å²) in [6, 6.07) is 2.00. The average molecular weight is 659 g/mol. The van der Waals surface area contributed by atoms with Crippen LogP contribution < -0.4 is 10.6 Å². The first kappa shape index (κ1) is 30.4. The van der Waals surface area contributed by atoms with Crippen LogP contribution in [0, 0.1) is 11.8 Å². The summed E-state index contributed by atoms with van der Waals surface area (Å²) in [5.41, 5.74) is 5.86. The first-order valence-corrected chi connectivity index (χ1v) is 15.1. The Hall–Kier alpha value is -4.28. The topological polar surface area (TPSA) is 147 Å². The molecule has 14 heteroatoms. The van der Waals surface area contributed by atoms with Crippen molar-refractivity contribution in [3.05, 3.63) is 40.3 Å². The average Bonchev–Trinajstić information content (AvgIpc) is 3.66. The minimum atomic E-state index is -2.72. The van der Waals surface area contributed by atoms with Crippen LogP contribution in [0.4, 0.5) is 15.4 Å². The van der Waals surface area contributed by atoms with Gasteiger partial charge in [-0.25, -0.2) is 19.3 Å². The molecule has 46 heavy (non-hydrogen) atoms. The first-order chi connectivity index (χ1) is 22.6. The zero-order valence-electron chi connectivity index (χ0n) is 30.3. The number of fused-ring (bicyclic) bond motifs is 1. The van der Waals surface area contributed by atoms with E-state index in [9.17, 15) is 14.4 Å². The molecule has 13 nitrogen and oxygen atoms in total. The largest absolute Gasteiger partial charge is 0.444 e. The molecule has 1 fully saturated rings. The molecule has 0 bridgehead atoms. The van der Waals surface area contributed by atoms with E-state index in [0.29, 0.717) is 22.6 Å². The zero-order chi connectivity index (χ0) is 36.6. The van der Waals surface area contributed by atoms with Crippen LogP contribution in [0.5, 0.6) is 0 Å². The number of likely N-dealkylation sites (tertiary alicyclic amines) is 1. The number of imidazole rings is 1. The second-order valence-corrected chi connectivity index (χ2v) is 13.4. The van der Waals surface area contributed by atoms with E-state index in [0.717, 1.165) is 10.4 Å². The van der Waals surface area contributed by atoms with Gasteiger partial charge in [0, 0.05) is 32.7 Å². The maximum atomic E-state index is 13.4. The number of carbonyl (C=O) groups excluding carboxylic acids is 3. The smallest absolute Gasteiger partial charge is 0.415 e. The summed E-state index contributed by atoms with van der Waals surface area (Å²) in [6.07, 6.45) is 0.316. The molecule has 0 aliphatic carbocycles. The number of anilines is 1. The molecule has 0 spiro atoms. The van der Waals surface area contributed by atoms with Crippen LogP contribution in [0.1, 0.15) is 86.7 Å². The van der Waals surface area contributed by atoms with Gasteiger partial charge in [0.25, 0.3) is 5.91 Å². The number of halogens is 1. The van der Waals surface area contributed by atoms with Gasteiger partial charge in [0.15, 0.2) is 11.5 Å². The Balaban J connectivity index is 1.85. The van der Waals surface area contributed by atoms with Crippen LogP contribution in [0.15, 0.2) is 18.5 Å². The summed E-state index contributed by atoms with van der Waals surface area (Å²) >= 11 is 6.59. The van der Waals surface area contributed by atoms with E-state index >= 15 is 0 Å². The normalized spacial score (nSPS) is 17.9. The Morgan fingerprint density at radius 1 is 1.15 bits per heavy atom. The van der Waals surface area contributed by atoms with Gasteiger partial charge in [-0.15, -0.1) is 0 Å². The van der Waals surface area contributed by atoms with E-state index in [2.05, 4.69) is 21.9 Å². The van der Waals surface area contributed by atoms with Gasteiger partial charge in [0.05, 0.1) is 45.2 Å². The molecule has 1 aromatic carbocycles. The van der Waals surface area contributed by atoms with Gasteiger partial charge in [0.1, 0.15) is 16.8 Å². The highest BCUT2D eigenvalue weighted by molar-refractivity contribution is 6.32. The Kier molecular flexibility index (Phi) is 8.73. The molecular weight excluding hydrogens is 614 g/mol. The van der Waals surface area contributed by atoms with Crippen molar-refractivity contribution in [2.45, 2.75) is 84.7 Å². The van der Waals surface area contributed by atoms with Crippen molar-refractivity contribution in [1.82, 2.24) is 24.2 Å². The molecule has 3 heterocycles. The molecule has 4 rings (SSSR count). The zero-order valence-corrected chi connectivity index (χ0v) is 28.1. The Bertz CT molecular complexity index is 1810. The third-order valence-electron chi connectivity index (χ3n) is 7.12. The van der Waals surface area contributed by atoms with Crippen LogP contribution in [-0.2, 0) is 20.8 Å². The molecule has 1 saturated heterocycles. The van der Waals surface area contributed by atoms with Crippen LogP contribution in [-0.4, -0.2) is 86.8 Å². The molecule has 248 valence electrons. The van der Waals surface area contributed by atoms with Crippen molar-refractivity contribution in [3.63, 3.8) is 0 Å². The quantitative estimate of drug-likeness (QED) is 0.365. The van der Waals surface area contributed by atoms with Gasteiger partial charge in [-0.3, -0.25) is 9.69 Å². The fourth-order valence-electron chi connectivity index (χ4n) is 5.15. The number of benzene rings is 1. The van der Waals surface area contributed by atoms with E-state index in [1.165, 1.54) is 16.6 Å². The second-order valence-electron chi connectivity index (χ2n) is 13.0. The SMILES string of the molecule is [2H]C([2H])([2H])OC[C@H]1C[C@H](n2nc(C#Cc3cc4ncn(CC)c4cc3Cl)c(C(N)=O)c2N(C)C(=O)OC(C)(C)C)CN1C(=O)OC(C)(C)C. The van der Waals surface area contributed by atoms with Crippen LogP contribution in [0.2, 0.25) is 5.02 Å². The fraction of sp³-hybridized carbons (Fsp3) is 0.531. The van der Waals surface area contributed by atoms with Crippen molar-refractivity contribution in [1.29, 1.82) is 0 Å². The number of rotatable bonds is 6. The molecule has 1 aliphatic rings. The number of hydrogen-bond donors (Lipinski definition) is 1. The molecule has 0 saturated carbocycles. The molecule has 3 aromatic rings. The summed E-state index contributed by atoms with van der Waals surface area (Å²) in [5.74, 6) is 4.91. The number of hydrogen-bond acceptors (Lipinski definition) is 8. The summed E-state index contributed by atoms with van der Waals surface area (Å²) in [7, 11) is -1.32. The van der Waals surface area contributed by atoms with Gasteiger partial charge in [-0.05, 0) is 72.9 Å². The number of nitrogens with two attached hydrogens (primary N) is 1. The highest BCUT2D eigenvalue weighted by Gasteiger charge is 2.41. The third-order valence-corrected chi connectivity index (χ3v) is 7.44. The maximum Gasteiger partial charge on any atom is 0.415 e. The van der Waals surface area contributed by atoms with E-state index in [1.54, 1.807) is 60.0 Å². The number of amides is 3. The molecule has 0 unspecified atom stereocenters. The number of primary amides is 1. The van der Waals surface area contributed by atoms with Gasteiger partial charge in [-0.2, -0.15) is 5.10 Å². The van der Waals surface area contributed by atoms with Crippen molar-refractivity contribution < 1.29 is 32.7 Å². The summed E-state index contributed by atoms with van der Waals surface area (Å²) < 4.78 is 42.2. The lowest BCUT2D eigenvalue weighted by Gasteiger charge is -2.28. The molecule has 2 N–H and O–H groups in total. The predicted octanol–water partition coefficient (Wildman–Crippen LogP) is 4.97. The fourth-order valence-corrected chi connectivity index (χ4v) is 5.36. The van der Waals surface area contributed by atoms with Gasteiger partial charge < -0.3 is 29.4 Å². The Morgan fingerprint density at radius 3 is 2.46 bits per heavy atom. The standard InChI is InChI=1S/C32H42ClN7O6/c1-10-38-18-35-24-13-19(22(33)15-25(24)38)11-12-23-26(27(34)41)28(37(8)29(42)45-31(2,3)4)40(36-23)20-14-21(17-44-9)39(16-20)30(43)46-32(5,6)7/h13,15,18,20-21H,10,14,16-17H2,1-9H3,(H2,34,41)/t20-,21+/m0/s1/i9D3. The Labute approximate surface area is 278 Å². The van der Waals surface area contributed by atoms with Crippen LogP contribution >= 0.6 is 11.6 Å². The predicted molar refractivity (Wildman–Crippen MR) is 174 cm³/mol. The monoisotopic (exact) mass is 658 g/mol. The van der Waals surface area contributed by atoms with Crippen molar-refractivity contribution in [2.75, 3.05) is 32.1 Å². The number of nitrogens with zero attached hydrogens (tertiary/aromatic N) is 6. The van der Waals surface area contributed by atoms with Crippen molar-refractivity contribution in [3.8, 4) is 11.8 Å². The molecule has 0 radical (unpaired) electrons. The van der Waals surface area contributed by atoms with E-state index in [1.807, 2.05) is 11.5 Å². The third kappa shape index (κ3) is 7.57. The lowest BCUT2D eigenvalue weighted by atomic mass is 10.1. The van der Waals surface area contributed by atoms with Crippen LogP contribution in [0.25, 0.3) is 11.0 Å². The molecule has 2 atom stereocenters. The summed E-state index contributed by atoms with van der Waals surface area (Å²) in [5, 5.41) is 5.00. The highest BCUT2D eigenvalue weighted by Crippen LogP contribution is 2.35. The van der Waals surface area contributed by atoms with Crippen molar-refractivity contribution >= 4 is 46.5 Å². The lowest BCUT2D eigenvalue weighted by Crippen LogP contribution is -2.41. The second kappa shape index (κ2) is 13.2. The molecule has 2 aromatic heterocycles. The summed E-state index contributed by atoms with van der Waals surface area (Å²) in [4.78, 5) is 46.6. The first-order valence-electron chi connectivity index (χ1n) is 16.3. The van der Waals surface area contributed by atoms with Gasteiger partial charge in [0.2, 0.25) is 0 Å². The molecular formula is C32H42ClN7O6. The minimum absolute atomic E-state index is 0.0270. The van der Waals surface area contributed by atoms with E-state index in [4.69, 9.17) is 35.7 Å². The molecule has 1 aliphatic heterocycles. The number of aryl methyl sites for hydroxylation is 1. The maximum absolute atomic E-state index is 13.4. The Morgan fingerprint density at radius 2 is 1.85 bits per heavy atom. The lowest BCUT2D eigenvalue weighted by molar-refractivity contribution is 0.0145. The summed E-state index contributed by atoms with van der Waals surface area (Å²) in [6.45, 7) is 12.5. The van der Waals surface area contributed by atoms with E-state index < -0.39 is 48.4 Å². The number of methoxy groups -OCH3 is 1. The number of carbonyl (C=O) groups is 3.